The number of methoxy groups -OCH3 is 1. The number of rotatable bonds is 2. The molecule has 2 unspecified atom stereocenters. The summed E-state index contributed by atoms with van der Waals surface area (Å²) in [6.45, 7) is 0. The van der Waals surface area contributed by atoms with Crippen LogP contribution < -0.4 is 0 Å². The summed E-state index contributed by atoms with van der Waals surface area (Å²) in [6.07, 6.45) is 3.55. The minimum absolute atomic E-state index is 0.227. The van der Waals surface area contributed by atoms with Crippen molar-refractivity contribution in [2.45, 2.75) is 6.29 Å². The molecule has 1 aliphatic rings. The van der Waals surface area contributed by atoms with E-state index in [9.17, 15) is 4.79 Å². The molecule has 0 fully saturated rings. The monoisotopic (exact) mass is 128 g/mol. The van der Waals surface area contributed by atoms with Gasteiger partial charge in [-0.2, -0.15) is 0 Å². The molecule has 0 bridgehead atoms. The molecule has 0 saturated heterocycles. The molecule has 0 aromatic heterocycles. The van der Waals surface area contributed by atoms with Gasteiger partial charge in [0, 0.05) is 7.11 Å². The number of aldehydes is 1. The lowest BCUT2D eigenvalue weighted by Crippen LogP contribution is -2.19. The molecule has 2 atom stereocenters. The molecule has 0 N–H and O–H groups in total. The number of carbonyl (C=O) groups is 1. The van der Waals surface area contributed by atoms with E-state index >= 15 is 0 Å². The van der Waals surface area contributed by atoms with Crippen molar-refractivity contribution in [1.29, 1.82) is 0 Å². The summed E-state index contributed by atoms with van der Waals surface area (Å²) in [5, 5.41) is 0. The first-order valence-electron chi connectivity index (χ1n) is 2.68. The molecule has 0 spiro atoms. The molecule has 0 aromatic rings. The fourth-order valence-electron chi connectivity index (χ4n) is 0.717. The van der Waals surface area contributed by atoms with E-state index in [1.807, 2.05) is 0 Å². The zero-order chi connectivity index (χ0) is 6.69. The smallest absolute Gasteiger partial charge is 0.211 e. The van der Waals surface area contributed by atoms with Crippen molar-refractivity contribution < 1.29 is 14.3 Å². The maximum atomic E-state index is 10.2. The van der Waals surface area contributed by atoms with Crippen molar-refractivity contribution in [2.24, 2.45) is 5.92 Å². The van der Waals surface area contributed by atoms with Crippen LogP contribution in [-0.4, -0.2) is 19.7 Å². The standard InChI is InChI=1S/C6H8O3/c1-8-6-5(4-7)2-3-9-6/h2-6H,1H3. The van der Waals surface area contributed by atoms with Gasteiger partial charge >= 0.3 is 0 Å². The van der Waals surface area contributed by atoms with Crippen LogP contribution >= 0.6 is 0 Å². The van der Waals surface area contributed by atoms with Crippen molar-refractivity contribution in [1.82, 2.24) is 0 Å². The zero-order valence-electron chi connectivity index (χ0n) is 5.11. The topological polar surface area (TPSA) is 35.5 Å². The number of hydrogen-bond acceptors (Lipinski definition) is 3. The van der Waals surface area contributed by atoms with E-state index in [0.717, 1.165) is 6.29 Å². The third-order valence-corrected chi connectivity index (χ3v) is 1.22. The summed E-state index contributed by atoms with van der Waals surface area (Å²) < 4.78 is 9.67. The molecular weight excluding hydrogens is 120 g/mol. The Morgan fingerprint density at radius 2 is 2.56 bits per heavy atom. The zero-order valence-corrected chi connectivity index (χ0v) is 5.11. The van der Waals surface area contributed by atoms with Crippen LogP contribution in [0, 0.1) is 5.92 Å². The largest absolute Gasteiger partial charge is 0.472 e. The van der Waals surface area contributed by atoms with Crippen molar-refractivity contribution in [3.05, 3.63) is 12.3 Å². The molecule has 0 aromatic carbocycles. The van der Waals surface area contributed by atoms with Crippen molar-refractivity contribution >= 4 is 6.29 Å². The Morgan fingerprint density at radius 3 is 3.00 bits per heavy atom. The molecule has 0 amide bonds. The van der Waals surface area contributed by atoms with Crippen LogP contribution in [0.4, 0.5) is 0 Å². The van der Waals surface area contributed by atoms with E-state index in [2.05, 4.69) is 0 Å². The highest BCUT2D eigenvalue weighted by Crippen LogP contribution is 2.14. The second kappa shape index (κ2) is 2.64. The van der Waals surface area contributed by atoms with Gasteiger partial charge in [-0.1, -0.05) is 0 Å². The Balaban J connectivity index is 2.48. The van der Waals surface area contributed by atoms with E-state index in [0.29, 0.717) is 0 Å². The van der Waals surface area contributed by atoms with Crippen LogP contribution in [0.3, 0.4) is 0 Å². The van der Waals surface area contributed by atoms with Crippen LogP contribution in [0.5, 0.6) is 0 Å². The van der Waals surface area contributed by atoms with Gasteiger partial charge in [-0.3, -0.25) is 0 Å². The summed E-state index contributed by atoms with van der Waals surface area (Å²) >= 11 is 0. The van der Waals surface area contributed by atoms with Gasteiger partial charge in [0.15, 0.2) is 0 Å². The van der Waals surface area contributed by atoms with Crippen LogP contribution in [0.15, 0.2) is 12.3 Å². The maximum absolute atomic E-state index is 10.2. The van der Waals surface area contributed by atoms with Crippen molar-refractivity contribution in [3.63, 3.8) is 0 Å². The van der Waals surface area contributed by atoms with Gasteiger partial charge in [0.1, 0.15) is 6.29 Å². The van der Waals surface area contributed by atoms with Gasteiger partial charge in [-0.05, 0) is 6.08 Å². The van der Waals surface area contributed by atoms with E-state index in [4.69, 9.17) is 9.47 Å². The predicted octanol–water partition coefficient (Wildman–Crippen LogP) is 0.318. The molecule has 50 valence electrons. The summed E-state index contributed by atoms with van der Waals surface area (Å²) in [6, 6.07) is 0. The number of carbonyl (C=O) groups excluding carboxylic acids is 1. The average molecular weight is 128 g/mol. The molecule has 0 aliphatic carbocycles. The molecule has 1 aliphatic heterocycles. The highest BCUT2D eigenvalue weighted by molar-refractivity contribution is 5.57. The summed E-state index contributed by atoms with van der Waals surface area (Å²) in [5.74, 6) is -0.227. The third kappa shape index (κ3) is 1.10. The van der Waals surface area contributed by atoms with Crippen molar-refractivity contribution in [2.75, 3.05) is 7.11 Å². The summed E-state index contributed by atoms with van der Waals surface area (Å²) in [5.41, 5.74) is 0. The third-order valence-electron chi connectivity index (χ3n) is 1.22. The van der Waals surface area contributed by atoms with Crippen LogP contribution in [0.1, 0.15) is 0 Å². The minimum Gasteiger partial charge on any atom is -0.472 e. The lowest BCUT2D eigenvalue weighted by atomic mass is 10.2. The number of hydrogen-bond donors (Lipinski definition) is 0. The quantitative estimate of drug-likeness (QED) is 0.502. The van der Waals surface area contributed by atoms with Gasteiger partial charge in [-0.15, -0.1) is 0 Å². The molecule has 0 radical (unpaired) electrons. The molecule has 3 nitrogen and oxygen atoms in total. The van der Waals surface area contributed by atoms with E-state index in [-0.39, 0.29) is 5.92 Å². The Labute approximate surface area is 53.3 Å². The molecule has 3 heteroatoms. The Kier molecular flexibility index (Phi) is 1.85. The molecular formula is C6H8O3. The van der Waals surface area contributed by atoms with E-state index < -0.39 is 6.29 Å². The van der Waals surface area contributed by atoms with Gasteiger partial charge in [0.05, 0.1) is 12.2 Å². The first-order valence-corrected chi connectivity index (χ1v) is 2.68. The minimum atomic E-state index is -0.400. The Hall–Kier alpha value is -0.830. The van der Waals surface area contributed by atoms with Crippen molar-refractivity contribution in [3.8, 4) is 0 Å². The molecule has 1 rings (SSSR count). The normalized spacial score (nSPS) is 32.1. The summed E-state index contributed by atoms with van der Waals surface area (Å²) in [7, 11) is 1.51. The van der Waals surface area contributed by atoms with Gasteiger partial charge in [0.25, 0.3) is 0 Å². The first-order chi connectivity index (χ1) is 4.38. The van der Waals surface area contributed by atoms with E-state index in [1.54, 1.807) is 6.08 Å². The highest BCUT2D eigenvalue weighted by atomic mass is 16.7. The molecule has 9 heavy (non-hydrogen) atoms. The predicted molar refractivity (Wildman–Crippen MR) is 30.6 cm³/mol. The molecule has 0 saturated carbocycles. The molecule has 1 heterocycles. The lowest BCUT2D eigenvalue weighted by molar-refractivity contribution is -0.126. The average Bonchev–Trinajstić information content (AvgIpc) is 2.33. The Bertz CT molecular complexity index is 130. The fraction of sp³-hybridized carbons (Fsp3) is 0.500. The number of ether oxygens (including phenoxy) is 2. The van der Waals surface area contributed by atoms with Gasteiger partial charge < -0.3 is 14.3 Å². The lowest BCUT2D eigenvalue weighted by Gasteiger charge is -2.10. The van der Waals surface area contributed by atoms with Crippen LogP contribution in [-0.2, 0) is 14.3 Å². The first kappa shape index (κ1) is 6.29. The maximum Gasteiger partial charge on any atom is 0.211 e. The summed E-state index contributed by atoms with van der Waals surface area (Å²) in [4.78, 5) is 10.2. The Morgan fingerprint density at radius 1 is 1.78 bits per heavy atom. The SMILES string of the molecule is COC1OC=CC1C=O. The van der Waals surface area contributed by atoms with E-state index in [1.165, 1.54) is 13.4 Å². The highest BCUT2D eigenvalue weighted by Gasteiger charge is 2.22. The van der Waals surface area contributed by atoms with Crippen LogP contribution in [0.2, 0.25) is 0 Å². The second-order valence-corrected chi connectivity index (χ2v) is 1.78. The fourth-order valence-corrected chi connectivity index (χ4v) is 0.717. The van der Waals surface area contributed by atoms with Gasteiger partial charge in [-0.25, -0.2) is 0 Å². The second-order valence-electron chi connectivity index (χ2n) is 1.78. The van der Waals surface area contributed by atoms with Crippen LogP contribution in [0.25, 0.3) is 0 Å². The van der Waals surface area contributed by atoms with Gasteiger partial charge in [0.2, 0.25) is 6.29 Å².